The monoisotopic (exact) mass is 228 g/mol. The lowest BCUT2D eigenvalue weighted by Gasteiger charge is -2.39. The highest BCUT2D eigenvalue weighted by atomic mass is 15.2. The lowest BCUT2D eigenvalue weighted by atomic mass is 9.86. The van der Waals surface area contributed by atoms with Crippen LogP contribution >= 0.6 is 0 Å². The third kappa shape index (κ3) is 5.31. The lowest BCUT2D eigenvalue weighted by molar-refractivity contribution is 0.0961. The third-order valence-electron chi connectivity index (χ3n) is 3.81. The molecule has 0 rings (SSSR count). The molecule has 0 amide bonds. The predicted molar refractivity (Wildman–Crippen MR) is 73.9 cm³/mol. The summed E-state index contributed by atoms with van der Waals surface area (Å²) in [6.07, 6.45) is 1.21. The number of nitrogens with zero attached hydrogens (tertiary/aromatic N) is 1. The summed E-state index contributed by atoms with van der Waals surface area (Å²) >= 11 is 0. The number of hydrogen-bond donors (Lipinski definition) is 1. The molecule has 0 aliphatic heterocycles. The van der Waals surface area contributed by atoms with Gasteiger partial charge in [-0.3, -0.25) is 0 Å². The second-order valence-corrected chi connectivity index (χ2v) is 6.25. The van der Waals surface area contributed by atoms with Crippen LogP contribution in [0.25, 0.3) is 0 Å². The van der Waals surface area contributed by atoms with Gasteiger partial charge in [0, 0.05) is 18.1 Å². The molecule has 0 saturated heterocycles. The SMILES string of the molecule is CCNC(C)CC(C)N(C)C(C)C(C)(C)C. The van der Waals surface area contributed by atoms with Crippen LogP contribution in [0, 0.1) is 5.41 Å². The third-order valence-corrected chi connectivity index (χ3v) is 3.81. The van der Waals surface area contributed by atoms with Crippen molar-refractivity contribution in [2.24, 2.45) is 5.41 Å². The minimum absolute atomic E-state index is 0.352. The van der Waals surface area contributed by atoms with Crippen molar-refractivity contribution in [3.05, 3.63) is 0 Å². The minimum Gasteiger partial charge on any atom is -0.314 e. The molecule has 0 saturated carbocycles. The maximum atomic E-state index is 3.48. The predicted octanol–water partition coefficient (Wildman–Crippen LogP) is 3.13. The number of rotatable bonds is 6. The summed E-state index contributed by atoms with van der Waals surface area (Å²) in [5, 5.41) is 3.48. The van der Waals surface area contributed by atoms with E-state index in [0.29, 0.717) is 23.5 Å². The summed E-state index contributed by atoms with van der Waals surface area (Å²) in [5.74, 6) is 0. The largest absolute Gasteiger partial charge is 0.314 e. The standard InChI is InChI=1S/C14H32N2/c1-9-15-11(2)10-12(3)16(8)13(4)14(5,6)7/h11-13,15H,9-10H2,1-8H3. The van der Waals surface area contributed by atoms with Gasteiger partial charge in [0.25, 0.3) is 0 Å². The van der Waals surface area contributed by atoms with Crippen molar-refractivity contribution in [3.8, 4) is 0 Å². The van der Waals surface area contributed by atoms with Gasteiger partial charge in [-0.15, -0.1) is 0 Å². The molecular formula is C14H32N2. The first-order valence-corrected chi connectivity index (χ1v) is 6.65. The summed E-state index contributed by atoms with van der Waals surface area (Å²) in [6, 6.07) is 1.84. The van der Waals surface area contributed by atoms with Crippen molar-refractivity contribution in [2.75, 3.05) is 13.6 Å². The summed E-state index contributed by atoms with van der Waals surface area (Å²) in [6.45, 7) is 17.1. The van der Waals surface area contributed by atoms with E-state index in [1.807, 2.05) is 0 Å². The highest BCUT2D eigenvalue weighted by molar-refractivity contribution is 4.81. The van der Waals surface area contributed by atoms with Crippen LogP contribution in [-0.4, -0.2) is 36.6 Å². The summed E-state index contributed by atoms with van der Waals surface area (Å²) in [4.78, 5) is 2.51. The molecule has 0 aliphatic carbocycles. The van der Waals surface area contributed by atoms with Crippen LogP contribution in [0.4, 0.5) is 0 Å². The molecule has 2 heteroatoms. The maximum absolute atomic E-state index is 3.48. The first kappa shape index (κ1) is 15.9. The molecule has 2 nitrogen and oxygen atoms in total. The van der Waals surface area contributed by atoms with E-state index >= 15 is 0 Å². The number of hydrogen-bond acceptors (Lipinski definition) is 2. The molecule has 0 aromatic carbocycles. The Morgan fingerprint density at radius 3 is 2.00 bits per heavy atom. The smallest absolute Gasteiger partial charge is 0.0115 e. The Morgan fingerprint density at radius 2 is 1.62 bits per heavy atom. The van der Waals surface area contributed by atoms with Crippen molar-refractivity contribution in [1.82, 2.24) is 10.2 Å². The van der Waals surface area contributed by atoms with Gasteiger partial charge in [0.05, 0.1) is 0 Å². The first-order valence-electron chi connectivity index (χ1n) is 6.65. The molecule has 98 valence electrons. The molecule has 0 heterocycles. The second kappa shape index (κ2) is 6.61. The molecule has 0 radical (unpaired) electrons. The van der Waals surface area contributed by atoms with E-state index in [2.05, 4.69) is 65.7 Å². The zero-order chi connectivity index (χ0) is 12.9. The summed E-state index contributed by atoms with van der Waals surface area (Å²) < 4.78 is 0. The van der Waals surface area contributed by atoms with Gasteiger partial charge in [-0.2, -0.15) is 0 Å². The first-order chi connectivity index (χ1) is 7.20. The fraction of sp³-hybridized carbons (Fsp3) is 1.00. The zero-order valence-electron chi connectivity index (χ0n) is 12.6. The highest BCUT2D eigenvalue weighted by Gasteiger charge is 2.27. The molecule has 0 aromatic heterocycles. The van der Waals surface area contributed by atoms with Crippen LogP contribution in [0.5, 0.6) is 0 Å². The molecule has 0 aliphatic rings. The Balaban J connectivity index is 4.22. The second-order valence-electron chi connectivity index (χ2n) is 6.25. The van der Waals surface area contributed by atoms with E-state index in [0.717, 1.165) is 6.54 Å². The van der Waals surface area contributed by atoms with E-state index in [9.17, 15) is 0 Å². The van der Waals surface area contributed by atoms with Crippen LogP contribution in [0.15, 0.2) is 0 Å². The lowest BCUT2D eigenvalue weighted by Crippen LogP contribution is -2.46. The van der Waals surface area contributed by atoms with E-state index in [4.69, 9.17) is 0 Å². The minimum atomic E-state index is 0.352. The van der Waals surface area contributed by atoms with Gasteiger partial charge in [-0.05, 0) is 46.2 Å². The molecule has 0 spiro atoms. The van der Waals surface area contributed by atoms with Crippen molar-refractivity contribution >= 4 is 0 Å². The average Bonchev–Trinajstić information content (AvgIpc) is 2.14. The molecule has 0 aromatic rings. The normalized spacial score (nSPS) is 18.6. The van der Waals surface area contributed by atoms with Crippen molar-refractivity contribution < 1.29 is 0 Å². The van der Waals surface area contributed by atoms with Crippen LogP contribution in [0.1, 0.15) is 54.9 Å². The topological polar surface area (TPSA) is 15.3 Å². The Bertz CT molecular complexity index is 184. The van der Waals surface area contributed by atoms with Crippen molar-refractivity contribution in [3.63, 3.8) is 0 Å². The Kier molecular flexibility index (Phi) is 6.57. The van der Waals surface area contributed by atoms with E-state index in [1.165, 1.54) is 6.42 Å². The number of nitrogens with one attached hydrogen (secondary N) is 1. The summed E-state index contributed by atoms with van der Waals surface area (Å²) in [5.41, 5.74) is 0.352. The molecular weight excluding hydrogens is 196 g/mol. The quantitative estimate of drug-likeness (QED) is 0.751. The molecule has 0 fully saturated rings. The van der Waals surface area contributed by atoms with E-state index in [-0.39, 0.29) is 0 Å². The highest BCUT2D eigenvalue weighted by Crippen LogP contribution is 2.25. The van der Waals surface area contributed by atoms with E-state index < -0.39 is 0 Å². The molecule has 1 N–H and O–H groups in total. The molecule has 3 atom stereocenters. The van der Waals surface area contributed by atoms with Gasteiger partial charge in [-0.1, -0.05) is 27.7 Å². The molecule has 0 bridgehead atoms. The zero-order valence-corrected chi connectivity index (χ0v) is 12.6. The summed E-state index contributed by atoms with van der Waals surface area (Å²) in [7, 11) is 2.25. The van der Waals surface area contributed by atoms with Gasteiger partial charge >= 0.3 is 0 Å². The van der Waals surface area contributed by atoms with Gasteiger partial charge in [-0.25, -0.2) is 0 Å². The van der Waals surface area contributed by atoms with Crippen LogP contribution < -0.4 is 5.32 Å². The van der Waals surface area contributed by atoms with Gasteiger partial charge < -0.3 is 10.2 Å². The van der Waals surface area contributed by atoms with Gasteiger partial charge in [0.1, 0.15) is 0 Å². The Labute approximate surface area is 103 Å². The van der Waals surface area contributed by atoms with Crippen LogP contribution in [0.3, 0.4) is 0 Å². The fourth-order valence-electron chi connectivity index (χ4n) is 2.10. The van der Waals surface area contributed by atoms with E-state index in [1.54, 1.807) is 0 Å². The maximum Gasteiger partial charge on any atom is 0.0115 e. The van der Waals surface area contributed by atoms with Crippen LogP contribution in [-0.2, 0) is 0 Å². The van der Waals surface area contributed by atoms with Gasteiger partial charge in [0.15, 0.2) is 0 Å². The average molecular weight is 228 g/mol. The Morgan fingerprint density at radius 1 is 1.12 bits per heavy atom. The Hall–Kier alpha value is -0.0800. The van der Waals surface area contributed by atoms with Crippen molar-refractivity contribution in [1.29, 1.82) is 0 Å². The van der Waals surface area contributed by atoms with Crippen molar-refractivity contribution in [2.45, 2.75) is 73.0 Å². The molecule has 16 heavy (non-hydrogen) atoms. The fourth-order valence-corrected chi connectivity index (χ4v) is 2.10. The van der Waals surface area contributed by atoms with Crippen LogP contribution in [0.2, 0.25) is 0 Å². The van der Waals surface area contributed by atoms with Gasteiger partial charge in [0.2, 0.25) is 0 Å². The molecule has 3 unspecified atom stereocenters.